The van der Waals surface area contributed by atoms with Crippen LogP contribution in [0.3, 0.4) is 0 Å². The number of allylic oxidation sites excluding steroid dienone is 1. The van der Waals surface area contributed by atoms with Crippen molar-refractivity contribution in [3.05, 3.63) is 76.6 Å². The van der Waals surface area contributed by atoms with Crippen molar-refractivity contribution >= 4 is 44.9 Å². The third kappa shape index (κ3) is 3.69. The van der Waals surface area contributed by atoms with Gasteiger partial charge < -0.3 is 9.32 Å². The molecule has 4 aromatic rings. The number of aromatic nitrogens is 2. The standard InChI is InChI=1S/C24H21N3O3S2/c1-2-11-27-23(29)21-17(19-10-6-13-30-19)14-31-22(21)25-24(27)32-15-20(28)26-12-5-8-16-7-3-4-9-18(16)26/h2-4,6-7,9-10,13-14H,1,5,8,11-12,15H2. The number of anilines is 1. The van der Waals surface area contributed by atoms with Gasteiger partial charge in [0.25, 0.3) is 5.56 Å². The maximum atomic E-state index is 13.4. The quantitative estimate of drug-likeness (QED) is 0.229. The number of carbonyl (C=O) groups excluding carboxylic acids is 1. The third-order valence-electron chi connectivity index (χ3n) is 5.49. The second-order valence-electron chi connectivity index (χ2n) is 7.47. The van der Waals surface area contributed by atoms with Gasteiger partial charge in [-0.15, -0.1) is 17.9 Å². The van der Waals surface area contributed by atoms with E-state index in [1.807, 2.05) is 34.5 Å². The van der Waals surface area contributed by atoms with Crippen molar-refractivity contribution in [2.45, 2.75) is 24.5 Å². The van der Waals surface area contributed by atoms with Gasteiger partial charge in [0.2, 0.25) is 5.91 Å². The van der Waals surface area contributed by atoms with Crippen molar-refractivity contribution in [2.24, 2.45) is 0 Å². The number of benzene rings is 1. The Morgan fingerprint density at radius 2 is 2.16 bits per heavy atom. The van der Waals surface area contributed by atoms with Crippen LogP contribution >= 0.6 is 23.1 Å². The largest absolute Gasteiger partial charge is 0.464 e. The molecule has 5 rings (SSSR count). The summed E-state index contributed by atoms with van der Waals surface area (Å²) in [5.41, 5.74) is 2.77. The number of aryl methyl sites for hydroxylation is 1. The van der Waals surface area contributed by atoms with E-state index < -0.39 is 0 Å². The number of amides is 1. The summed E-state index contributed by atoms with van der Waals surface area (Å²) in [6.07, 6.45) is 5.19. The van der Waals surface area contributed by atoms with Gasteiger partial charge in [-0.1, -0.05) is 36.0 Å². The van der Waals surface area contributed by atoms with Crippen LogP contribution < -0.4 is 10.5 Å². The van der Waals surface area contributed by atoms with Crippen molar-refractivity contribution in [3.8, 4) is 11.3 Å². The Hall–Kier alpha value is -3.10. The van der Waals surface area contributed by atoms with Gasteiger partial charge in [0, 0.05) is 29.7 Å². The van der Waals surface area contributed by atoms with E-state index in [-0.39, 0.29) is 17.2 Å². The van der Waals surface area contributed by atoms with E-state index in [9.17, 15) is 9.59 Å². The third-order valence-corrected chi connectivity index (χ3v) is 7.33. The number of carbonyl (C=O) groups is 1. The van der Waals surface area contributed by atoms with Gasteiger partial charge in [0.1, 0.15) is 10.6 Å². The smallest absolute Gasteiger partial charge is 0.263 e. The van der Waals surface area contributed by atoms with Gasteiger partial charge in [-0.05, 0) is 36.6 Å². The molecule has 1 amide bonds. The van der Waals surface area contributed by atoms with Crippen LogP contribution in [0.25, 0.3) is 21.5 Å². The molecule has 0 aliphatic carbocycles. The number of hydrogen-bond donors (Lipinski definition) is 0. The van der Waals surface area contributed by atoms with Gasteiger partial charge in [-0.25, -0.2) is 4.98 Å². The molecular formula is C24H21N3O3S2. The molecule has 0 saturated carbocycles. The molecule has 0 bridgehead atoms. The molecule has 0 fully saturated rings. The van der Waals surface area contributed by atoms with Gasteiger partial charge in [-0.3, -0.25) is 14.2 Å². The zero-order valence-electron chi connectivity index (χ0n) is 17.3. The summed E-state index contributed by atoms with van der Waals surface area (Å²) in [5, 5.41) is 2.95. The summed E-state index contributed by atoms with van der Waals surface area (Å²) in [4.78, 5) is 33.6. The summed E-state index contributed by atoms with van der Waals surface area (Å²) >= 11 is 2.70. The normalized spacial score (nSPS) is 13.3. The number of thioether (sulfide) groups is 1. The van der Waals surface area contributed by atoms with E-state index in [2.05, 4.69) is 12.6 Å². The Bertz CT molecular complexity index is 1350. The molecule has 32 heavy (non-hydrogen) atoms. The maximum Gasteiger partial charge on any atom is 0.263 e. The summed E-state index contributed by atoms with van der Waals surface area (Å²) in [7, 11) is 0. The number of furan rings is 1. The number of hydrogen-bond acceptors (Lipinski definition) is 6. The molecule has 0 unspecified atom stereocenters. The van der Waals surface area contributed by atoms with Crippen LogP contribution in [-0.2, 0) is 17.8 Å². The summed E-state index contributed by atoms with van der Waals surface area (Å²) in [6.45, 7) is 4.81. The summed E-state index contributed by atoms with van der Waals surface area (Å²) in [5.74, 6) is 0.864. The first-order valence-corrected chi connectivity index (χ1v) is 12.2. The molecule has 6 nitrogen and oxygen atoms in total. The number of thiophene rings is 1. The fourth-order valence-corrected chi connectivity index (χ4v) is 5.87. The SMILES string of the molecule is C=CCn1c(SCC(=O)N2CCCc3ccccc32)nc2scc(-c3ccco3)c2c1=O. The highest BCUT2D eigenvalue weighted by atomic mass is 32.2. The monoisotopic (exact) mass is 463 g/mol. The lowest BCUT2D eigenvalue weighted by Gasteiger charge is -2.29. The highest BCUT2D eigenvalue weighted by Crippen LogP contribution is 2.33. The van der Waals surface area contributed by atoms with E-state index in [0.29, 0.717) is 34.2 Å². The van der Waals surface area contributed by atoms with Crippen LogP contribution in [0.2, 0.25) is 0 Å². The van der Waals surface area contributed by atoms with Crippen LogP contribution in [0, 0.1) is 0 Å². The van der Waals surface area contributed by atoms with Crippen molar-refractivity contribution in [3.63, 3.8) is 0 Å². The minimum atomic E-state index is -0.152. The summed E-state index contributed by atoms with van der Waals surface area (Å²) < 4.78 is 7.08. The molecule has 162 valence electrons. The number of rotatable bonds is 6. The fraction of sp³-hybridized carbons (Fsp3) is 0.208. The molecule has 0 radical (unpaired) electrons. The Labute approximate surface area is 193 Å². The van der Waals surface area contributed by atoms with E-state index in [1.165, 1.54) is 28.7 Å². The lowest BCUT2D eigenvalue weighted by atomic mass is 10.0. The minimum absolute atomic E-state index is 0.0177. The molecule has 0 N–H and O–H groups in total. The van der Waals surface area contributed by atoms with Gasteiger partial charge in [-0.2, -0.15) is 0 Å². The van der Waals surface area contributed by atoms with Crippen LogP contribution in [0.5, 0.6) is 0 Å². The predicted molar refractivity (Wildman–Crippen MR) is 130 cm³/mol. The zero-order valence-corrected chi connectivity index (χ0v) is 19.0. The maximum absolute atomic E-state index is 13.4. The Balaban J connectivity index is 1.46. The fourth-order valence-electron chi connectivity index (χ4n) is 4.02. The first-order chi connectivity index (χ1) is 15.7. The molecule has 3 aromatic heterocycles. The lowest BCUT2D eigenvalue weighted by Crippen LogP contribution is -2.36. The van der Waals surface area contributed by atoms with Crippen LogP contribution in [0.1, 0.15) is 12.0 Å². The van der Waals surface area contributed by atoms with Crippen molar-refractivity contribution in [1.82, 2.24) is 9.55 Å². The van der Waals surface area contributed by atoms with Crippen LogP contribution in [0.4, 0.5) is 5.69 Å². The van der Waals surface area contributed by atoms with Gasteiger partial charge >= 0.3 is 0 Å². The second kappa shape index (κ2) is 8.80. The van der Waals surface area contributed by atoms with Crippen molar-refractivity contribution in [1.29, 1.82) is 0 Å². The Morgan fingerprint density at radius 1 is 1.28 bits per heavy atom. The lowest BCUT2D eigenvalue weighted by molar-refractivity contribution is -0.116. The minimum Gasteiger partial charge on any atom is -0.464 e. The molecule has 0 atom stereocenters. The second-order valence-corrected chi connectivity index (χ2v) is 9.27. The number of para-hydroxylation sites is 1. The predicted octanol–water partition coefficient (Wildman–Crippen LogP) is 4.98. The van der Waals surface area contributed by atoms with Crippen molar-refractivity contribution < 1.29 is 9.21 Å². The number of fused-ring (bicyclic) bond motifs is 2. The molecule has 0 saturated heterocycles. The summed E-state index contributed by atoms with van der Waals surface area (Å²) in [6, 6.07) is 11.7. The van der Waals surface area contributed by atoms with E-state index in [1.54, 1.807) is 23.0 Å². The van der Waals surface area contributed by atoms with Gasteiger partial charge in [0.15, 0.2) is 5.16 Å². The molecule has 8 heteroatoms. The van der Waals surface area contributed by atoms with Gasteiger partial charge in [0.05, 0.1) is 17.4 Å². The number of nitrogens with zero attached hydrogens (tertiary/aromatic N) is 3. The Morgan fingerprint density at radius 3 is 2.97 bits per heavy atom. The molecule has 1 aromatic carbocycles. The topological polar surface area (TPSA) is 68.3 Å². The van der Waals surface area contributed by atoms with Crippen LogP contribution in [0.15, 0.2) is 75.1 Å². The molecule has 4 heterocycles. The molecule has 1 aliphatic rings. The van der Waals surface area contributed by atoms with E-state index in [4.69, 9.17) is 9.40 Å². The average Bonchev–Trinajstić information content (AvgIpc) is 3.49. The Kier molecular flexibility index (Phi) is 5.71. The highest BCUT2D eigenvalue weighted by Gasteiger charge is 2.24. The van der Waals surface area contributed by atoms with Crippen LogP contribution in [-0.4, -0.2) is 27.8 Å². The van der Waals surface area contributed by atoms with E-state index >= 15 is 0 Å². The molecule has 1 aliphatic heterocycles. The first-order valence-electron chi connectivity index (χ1n) is 10.3. The highest BCUT2D eigenvalue weighted by molar-refractivity contribution is 7.99. The first kappa shape index (κ1) is 20.8. The zero-order chi connectivity index (χ0) is 22.1. The molecule has 0 spiro atoms. The van der Waals surface area contributed by atoms with E-state index in [0.717, 1.165) is 24.1 Å². The average molecular weight is 464 g/mol. The van der Waals surface area contributed by atoms with Crippen molar-refractivity contribution in [2.75, 3.05) is 17.2 Å². The molecular weight excluding hydrogens is 442 g/mol.